The molecule has 0 radical (unpaired) electrons. The highest BCUT2D eigenvalue weighted by Crippen LogP contribution is 2.24. The van der Waals surface area contributed by atoms with E-state index in [2.05, 4.69) is 18.7 Å². The molecule has 0 aliphatic carbocycles. The highest BCUT2D eigenvalue weighted by molar-refractivity contribution is 4.93. The van der Waals surface area contributed by atoms with E-state index in [0.29, 0.717) is 6.10 Å². The molecule has 0 aromatic rings. The molecule has 0 bridgehead atoms. The summed E-state index contributed by atoms with van der Waals surface area (Å²) in [5.41, 5.74) is 6.48. The Bertz CT molecular complexity index is 246. The third kappa shape index (κ3) is 3.44. The van der Waals surface area contributed by atoms with Crippen LogP contribution in [0.15, 0.2) is 0 Å². The first-order chi connectivity index (χ1) is 8.60. The van der Waals surface area contributed by atoms with Gasteiger partial charge in [-0.1, -0.05) is 0 Å². The van der Waals surface area contributed by atoms with Crippen molar-refractivity contribution in [3.63, 3.8) is 0 Å². The van der Waals surface area contributed by atoms with Gasteiger partial charge in [-0.25, -0.2) is 0 Å². The van der Waals surface area contributed by atoms with Crippen LogP contribution < -0.4 is 5.73 Å². The molecule has 0 aromatic carbocycles. The van der Waals surface area contributed by atoms with Crippen molar-refractivity contribution >= 4 is 0 Å². The topological polar surface area (TPSA) is 47.7 Å². The number of nitrogens with two attached hydrogens (primary N) is 1. The Morgan fingerprint density at radius 2 is 2.00 bits per heavy atom. The van der Waals surface area contributed by atoms with E-state index < -0.39 is 0 Å². The minimum absolute atomic E-state index is 0.0579. The Morgan fingerprint density at radius 3 is 2.61 bits per heavy atom. The molecule has 2 saturated heterocycles. The number of rotatable bonds is 5. The number of hydrogen-bond acceptors (Lipinski definition) is 4. The molecule has 4 heteroatoms. The summed E-state index contributed by atoms with van der Waals surface area (Å²) >= 11 is 0. The van der Waals surface area contributed by atoms with E-state index in [1.54, 1.807) is 0 Å². The second-order valence-electron chi connectivity index (χ2n) is 6.07. The van der Waals surface area contributed by atoms with E-state index in [1.807, 2.05) is 0 Å². The lowest BCUT2D eigenvalue weighted by Gasteiger charge is -2.44. The van der Waals surface area contributed by atoms with Gasteiger partial charge in [0, 0.05) is 31.3 Å². The summed E-state index contributed by atoms with van der Waals surface area (Å²) in [7, 11) is 0. The molecule has 4 nitrogen and oxygen atoms in total. The number of ether oxygens (including phenoxy) is 2. The second kappa shape index (κ2) is 6.33. The third-order valence-corrected chi connectivity index (χ3v) is 4.56. The van der Waals surface area contributed by atoms with Gasteiger partial charge in [0.25, 0.3) is 0 Å². The molecular weight excluding hydrogens is 228 g/mol. The third-order valence-electron chi connectivity index (χ3n) is 4.56. The van der Waals surface area contributed by atoms with Crippen LogP contribution in [0.5, 0.6) is 0 Å². The van der Waals surface area contributed by atoms with Crippen LogP contribution in [-0.4, -0.2) is 55.5 Å². The summed E-state index contributed by atoms with van der Waals surface area (Å²) in [5.74, 6) is 0. The van der Waals surface area contributed by atoms with Gasteiger partial charge in [0.05, 0.1) is 19.3 Å². The highest BCUT2D eigenvalue weighted by Gasteiger charge is 2.34. The van der Waals surface area contributed by atoms with Crippen molar-refractivity contribution < 1.29 is 9.47 Å². The van der Waals surface area contributed by atoms with Gasteiger partial charge in [-0.2, -0.15) is 0 Å². The first-order valence-electron chi connectivity index (χ1n) is 7.30. The second-order valence-corrected chi connectivity index (χ2v) is 6.07. The molecule has 2 rings (SSSR count). The maximum atomic E-state index is 6.42. The zero-order valence-electron chi connectivity index (χ0n) is 11.9. The fourth-order valence-corrected chi connectivity index (χ4v) is 2.96. The molecule has 0 aromatic heterocycles. The van der Waals surface area contributed by atoms with Crippen molar-refractivity contribution in [1.29, 1.82) is 0 Å². The van der Waals surface area contributed by atoms with E-state index in [1.165, 1.54) is 12.8 Å². The standard InChI is InChI=1S/C14H28N2O2/c1-14(2,16-7-10-17-11-8-16)13(15)6-5-12-4-3-9-18-12/h12-13H,3-11,15H2,1-2H3. The summed E-state index contributed by atoms with van der Waals surface area (Å²) in [6, 6.07) is 0.208. The lowest BCUT2D eigenvalue weighted by molar-refractivity contribution is -0.0212. The van der Waals surface area contributed by atoms with E-state index in [0.717, 1.165) is 45.8 Å². The molecule has 0 spiro atoms. The molecule has 2 aliphatic heterocycles. The Balaban J connectivity index is 1.79. The van der Waals surface area contributed by atoms with Crippen LogP contribution in [0.3, 0.4) is 0 Å². The van der Waals surface area contributed by atoms with E-state index >= 15 is 0 Å². The van der Waals surface area contributed by atoms with Gasteiger partial charge in [0.15, 0.2) is 0 Å². The average Bonchev–Trinajstić information content (AvgIpc) is 2.90. The van der Waals surface area contributed by atoms with Crippen molar-refractivity contribution in [2.45, 2.75) is 57.2 Å². The van der Waals surface area contributed by atoms with Gasteiger partial charge in [-0.05, 0) is 39.5 Å². The maximum absolute atomic E-state index is 6.42. The van der Waals surface area contributed by atoms with Crippen LogP contribution in [0.1, 0.15) is 39.5 Å². The summed E-state index contributed by atoms with van der Waals surface area (Å²) in [6.45, 7) is 9.13. The maximum Gasteiger partial charge on any atom is 0.0594 e. The van der Waals surface area contributed by atoms with Crippen molar-refractivity contribution in [3.05, 3.63) is 0 Å². The predicted molar refractivity (Wildman–Crippen MR) is 72.7 cm³/mol. The van der Waals surface area contributed by atoms with Crippen LogP contribution in [-0.2, 0) is 9.47 Å². The van der Waals surface area contributed by atoms with E-state index in [9.17, 15) is 0 Å². The predicted octanol–water partition coefficient (Wildman–Crippen LogP) is 1.38. The number of morpholine rings is 1. The van der Waals surface area contributed by atoms with Crippen LogP contribution >= 0.6 is 0 Å². The smallest absolute Gasteiger partial charge is 0.0594 e. The Kier molecular flexibility index (Phi) is 5.01. The van der Waals surface area contributed by atoms with Gasteiger partial charge in [0.1, 0.15) is 0 Å². The van der Waals surface area contributed by atoms with Crippen LogP contribution in [0.4, 0.5) is 0 Å². The molecule has 18 heavy (non-hydrogen) atoms. The molecule has 2 unspecified atom stereocenters. The molecule has 0 saturated carbocycles. The van der Waals surface area contributed by atoms with E-state index in [4.69, 9.17) is 15.2 Å². The first-order valence-corrected chi connectivity index (χ1v) is 7.30. The number of hydrogen-bond donors (Lipinski definition) is 1. The van der Waals surface area contributed by atoms with Crippen molar-refractivity contribution in [1.82, 2.24) is 4.90 Å². The van der Waals surface area contributed by atoms with E-state index in [-0.39, 0.29) is 11.6 Å². The molecule has 2 fully saturated rings. The zero-order valence-corrected chi connectivity index (χ0v) is 11.9. The Labute approximate surface area is 111 Å². The molecule has 2 atom stereocenters. The molecule has 0 amide bonds. The van der Waals surface area contributed by atoms with Crippen molar-refractivity contribution in [3.8, 4) is 0 Å². The molecular formula is C14H28N2O2. The average molecular weight is 256 g/mol. The van der Waals surface area contributed by atoms with Gasteiger partial charge in [-0.3, -0.25) is 4.90 Å². The van der Waals surface area contributed by atoms with Crippen molar-refractivity contribution in [2.24, 2.45) is 5.73 Å². The lowest BCUT2D eigenvalue weighted by atomic mass is 9.88. The summed E-state index contributed by atoms with van der Waals surface area (Å²) in [6.07, 6.45) is 5.04. The van der Waals surface area contributed by atoms with Gasteiger partial charge in [-0.15, -0.1) is 0 Å². The summed E-state index contributed by atoms with van der Waals surface area (Å²) in [5, 5.41) is 0. The Morgan fingerprint density at radius 1 is 1.28 bits per heavy atom. The van der Waals surface area contributed by atoms with Gasteiger partial charge >= 0.3 is 0 Å². The molecule has 2 heterocycles. The highest BCUT2D eigenvalue weighted by atomic mass is 16.5. The normalized spacial score (nSPS) is 28.5. The van der Waals surface area contributed by atoms with Crippen molar-refractivity contribution in [2.75, 3.05) is 32.9 Å². The first kappa shape index (κ1) is 14.3. The SMILES string of the molecule is CC(C)(C(N)CCC1CCCO1)N1CCOCC1. The minimum atomic E-state index is 0.0579. The molecule has 2 N–H and O–H groups in total. The Hall–Kier alpha value is -0.160. The minimum Gasteiger partial charge on any atom is -0.379 e. The van der Waals surface area contributed by atoms with Crippen LogP contribution in [0, 0.1) is 0 Å². The lowest BCUT2D eigenvalue weighted by Crippen LogP contribution is -2.59. The quantitative estimate of drug-likeness (QED) is 0.807. The summed E-state index contributed by atoms with van der Waals surface area (Å²) < 4.78 is 11.1. The molecule has 106 valence electrons. The van der Waals surface area contributed by atoms with Crippen LogP contribution in [0.2, 0.25) is 0 Å². The van der Waals surface area contributed by atoms with Gasteiger partial charge in [0.2, 0.25) is 0 Å². The fraction of sp³-hybridized carbons (Fsp3) is 1.00. The van der Waals surface area contributed by atoms with Gasteiger partial charge < -0.3 is 15.2 Å². The molecule has 2 aliphatic rings. The monoisotopic (exact) mass is 256 g/mol. The fourth-order valence-electron chi connectivity index (χ4n) is 2.96. The summed E-state index contributed by atoms with van der Waals surface area (Å²) in [4.78, 5) is 2.47. The largest absolute Gasteiger partial charge is 0.379 e. The number of nitrogens with zero attached hydrogens (tertiary/aromatic N) is 1. The zero-order chi connectivity index (χ0) is 13.0. The van der Waals surface area contributed by atoms with Crippen LogP contribution in [0.25, 0.3) is 0 Å².